The summed E-state index contributed by atoms with van der Waals surface area (Å²) in [5.74, 6) is 5.67. The third-order valence-corrected chi connectivity index (χ3v) is 2.21. The highest BCUT2D eigenvalue weighted by Gasteiger charge is 2.28. The summed E-state index contributed by atoms with van der Waals surface area (Å²) >= 11 is 0. The number of carbonyl (C=O) groups excluding carboxylic acids is 1. The Morgan fingerprint density at radius 2 is 2.13 bits per heavy atom. The van der Waals surface area contributed by atoms with Crippen molar-refractivity contribution in [1.29, 1.82) is 0 Å². The summed E-state index contributed by atoms with van der Waals surface area (Å²) in [5.41, 5.74) is -0.380. The van der Waals surface area contributed by atoms with Crippen molar-refractivity contribution in [1.82, 2.24) is 0 Å². The van der Waals surface area contributed by atoms with Gasteiger partial charge in [0, 0.05) is 0 Å². The largest absolute Gasteiger partial charge is 0.465 e. The number of furan rings is 1. The van der Waals surface area contributed by atoms with E-state index in [1.807, 2.05) is 0 Å². The Labute approximate surface area is 88.1 Å². The highest BCUT2D eigenvalue weighted by Crippen LogP contribution is 2.27. The molecule has 2 N–H and O–H groups in total. The highest BCUT2D eigenvalue weighted by molar-refractivity contribution is 5.90. The molecule has 0 aliphatic heterocycles. The second-order valence-corrected chi connectivity index (χ2v) is 3.70. The number of hydrogen-bond donors (Lipinski definition) is 1. The first kappa shape index (κ1) is 11.7. The molecule has 0 radical (unpaired) electrons. The van der Waals surface area contributed by atoms with Crippen molar-refractivity contribution in [3.8, 4) is 0 Å². The van der Waals surface area contributed by atoms with Crippen LogP contribution in [0.4, 0.5) is 0 Å². The van der Waals surface area contributed by atoms with Gasteiger partial charge in [-0.1, -0.05) is 0 Å². The van der Waals surface area contributed by atoms with Crippen molar-refractivity contribution in [3.05, 3.63) is 23.2 Å². The number of ether oxygens (including phenoxy) is 1. The molecule has 0 bridgehead atoms. The lowest BCUT2D eigenvalue weighted by molar-refractivity contribution is -0.0392. The molecule has 0 atom stereocenters. The molecule has 0 saturated carbocycles. The maximum absolute atomic E-state index is 11.3. The topological polar surface area (TPSA) is 74.7 Å². The number of methoxy groups -OCH3 is 1. The number of aryl methyl sites for hydroxylation is 1. The zero-order chi connectivity index (χ0) is 11.6. The van der Waals surface area contributed by atoms with E-state index in [2.05, 4.69) is 4.74 Å². The number of carbonyl (C=O) groups is 1. The lowest BCUT2D eigenvalue weighted by atomic mass is 10.1. The van der Waals surface area contributed by atoms with E-state index in [1.54, 1.807) is 26.8 Å². The Morgan fingerprint density at radius 1 is 1.53 bits per heavy atom. The van der Waals surface area contributed by atoms with Gasteiger partial charge in [0.05, 0.1) is 7.11 Å². The van der Waals surface area contributed by atoms with E-state index in [4.69, 9.17) is 15.2 Å². The van der Waals surface area contributed by atoms with Crippen molar-refractivity contribution in [2.45, 2.75) is 26.4 Å². The predicted octanol–water partition coefficient (Wildman–Crippen LogP) is 1.50. The second kappa shape index (κ2) is 4.04. The molecule has 1 aromatic rings. The van der Waals surface area contributed by atoms with E-state index in [-0.39, 0.29) is 0 Å². The lowest BCUT2D eigenvalue weighted by Crippen LogP contribution is -2.24. The van der Waals surface area contributed by atoms with Crippen molar-refractivity contribution in [3.63, 3.8) is 0 Å². The smallest absolute Gasteiger partial charge is 0.341 e. The average molecular weight is 213 g/mol. The van der Waals surface area contributed by atoms with E-state index in [1.165, 1.54) is 7.11 Å². The first-order valence-electron chi connectivity index (χ1n) is 4.49. The fourth-order valence-corrected chi connectivity index (χ4v) is 1.15. The maximum Gasteiger partial charge on any atom is 0.341 e. The second-order valence-electron chi connectivity index (χ2n) is 3.70. The summed E-state index contributed by atoms with van der Waals surface area (Å²) in [6, 6.07) is 1.58. The van der Waals surface area contributed by atoms with Crippen LogP contribution in [0.2, 0.25) is 0 Å². The first-order chi connectivity index (χ1) is 6.92. The minimum absolute atomic E-state index is 0.387. The minimum atomic E-state index is -0.767. The van der Waals surface area contributed by atoms with Gasteiger partial charge in [-0.2, -0.15) is 0 Å². The van der Waals surface area contributed by atoms with Crippen molar-refractivity contribution in [2.75, 3.05) is 7.11 Å². The molecule has 0 aliphatic carbocycles. The number of hydrogen-bond acceptors (Lipinski definition) is 5. The highest BCUT2D eigenvalue weighted by atomic mass is 16.6. The molecule has 5 nitrogen and oxygen atoms in total. The quantitative estimate of drug-likeness (QED) is 0.608. The van der Waals surface area contributed by atoms with Gasteiger partial charge in [-0.3, -0.25) is 4.84 Å². The van der Waals surface area contributed by atoms with E-state index in [0.29, 0.717) is 17.1 Å². The van der Waals surface area contributed by atoms with Gasteiger partial charge < -0.3 is 9.15 Å². The van der Waals surface area contributed by atoms with Gasteiger partial charge in [-0.15, -0.1) is 0 Å². The summed E-state index contributed by atoms with van der Waals surface area (Å²) in [7, 11) is 1.32. The third-order valence-electron chi connectivity index (χ3n) is 2.21. The van der Waals surface area contributed by atoms with Gasteiger partial charge in [0.2, 0.25) is 0 Å². The van der Waals surface area contributed by atoms with Crippen LogP contribution in [-0.2, 0) is 15.2 Å². The molecule has 0 aliphatic rings. The SMILES string of the molecule is COC(=O)c1cc(C(C)(C)ON)oc1C. The number of rotatable bonds is 3. The number of nitrogens with two attached hydrogens (primary N) is 1. The van der Waals surface area contributed by atoms with Gasteiger partial charge in [-0.25, -0.2) is 10.7 Å². The van der Waals surface area contributed by atoms with Crippen molar-refractivity contribution >= 4 is 5.97 Å². The predicted molar refractivity (Wildman–Crippen MR) is 53.1 cm³/mol. The van der Waals surface area contributed by atoms with Crippen LogP contribution in [0.25, 0.3) is 0 Å². The average Bonchev–Trinajstić information content (AvgIpc) is 2.60. The van der Waals surface area contributed by atoms with E-state index in [0.717, 1.165) is 0 Å². The fourth-order valence-electron chi connectivity index (χ4n) is 1.15. The summed E-state index contributed by atoms with van der Waals surface area (Å²) in [6.07, 6.45) is 0. The molecule has 1 rings (SSSR count). The molecule has 1 aromatic heterocycles. The normalized spacial score (nSPS) is 11.5. The van der Waals surface area contributed by atoms with Crippen LogP contribution in [0.15, 0.2) is 10.5 Å². The Hall–Kier alpha value is -1.33. The third kappa shape index (κ3) is 2.19. The van der Waals surface area contributed by atoms with Gasteiger partial charge >= 0.3 is 5.97 Å². The molecule has 0 aromatic carbocycles. The molecule has 0 spiro atoms. The molecule has 84 valence electrons. The van der Waals surface area contributed by atoms with Gasteiger partial charge in [0.1, 0.15) is 22.7 Å². The van der Waals surface area contributed by atoms with Gasteiger partial charge in [0.15, 0.2) is 0 Å². The lowest BCUT2D eigenvalue weighted by Gasteiger charge is -2.18. The maximum atomic E-state index is 11.3. The summed E-state index contributed by atoms with van der Waals surface area (Å²) in [6.45, 7) is 5.17. The molecule has 0 fully saturated rings. The fraction of sp³-hybridized carbons (Fsp3) is 0.500. The van der Waals surface area contributed by atoms with Crippen molar-refractivity contribution < 1.29 is 18.8 Å². The van der Waals surface area contributed by atoms with Crippen LogP contribution < -0.4 is 5.90 Å². The van der Waals surface area contributed by atoms with E-state index < -0.39 is 11.6 Å². The Balaban J connectivity index is 3.11. The Bertz CT molecular complexity index is 367. The summed E-state index contributed by atoms with van der Waals surface area (Å²) in [4.78, 5) is 16.1. The van der Waals surface area contributed by atoms with Crippen LogP contribution in [0.5, 0.6) is 0 Å². The first-order valence-corrected chi connectivity index (χ1v) is 4.49. The van der Waals surface area contributed by atoms with Crippen LogP contribution in [0.3, 0.4) is 0 Å². The van der Waals surface area contributed by atoms with Gasteiger partial charge in [0.25, 0.3) is 0 Å². The van der Waals surface area contributed by atoms with Gasteiger partial charge in [-0.05, 0) is 26.8 Å². The molecule has 0 unspecified atom stereocenters. The molecular weight excluding hydrogens is 198 g/mol. The van der Waals surface area contributed by atoms with Crippen LogP contribution in [0.1, 0.15) is 35.7 Å². The molecule has 0 amide bonds. The van der Waals surface area contributed by atoms with Crippen LogP contribution in [0, 0.1) is 6.92 Å². The summed E-state index contributed by atoms with van der Waals surface area (Å²) < 4.78 is 9.99. The molecular formula is C10H15NO4. The number of esters is 1. The van der Waals surface area contributed by atoms with E-state index in [9.17, 15) is 4.79 Å². The van der Waals surface area contributed by atoms with Crippen LogP contribution in [-0.4, -0.2) is 13.1 Å². The monoisotopic (exact) mass is 213 g/mol. The van der Waals surface area contributed by atoms with Crippen LogP contribution >= 0.6 is 0 Å². The Kier molecular flexibility index (Phi) is 3.16. The zero-order valence-electron chi connectivity index (χ0n) is 9.29. The molecule has 15 heavy (non-hydrogen) atoms. The molecule has 1 heterocycles. The standard InChI is InChI=1S/C10H15NO4/c1-6-7(9(12)13-4)5-8(14-6)10(2,3)15-11/h5H,11H2,1-4H3. The van der Waals surface area contributed by atoms with Crippen molar-refractivity contribution in [2.24, 2.45) is 5.90 Å². The van der Waals surface area contributed by atoms with E-state index >= 15 is 0 Å². The molecule has 0 saturated heterocycles. The minimum Gasteiger partial charge on any atom is -0.465 e. The summed E-state index contributed by atoms with van der Waals surface area (Å²) in [5, 5.41) is 0. The molecule has 5 heteroatoms. The zero-order valence-corrected chi connectivity index (χ0v) is 9.29. The Morgan fingerprint density at radius 3 is 2.60 bits per heavy atom.